The molecule has 0 saturated carbocycles. The fourth-order valence-electron chi connectivity index (χ4n) is 2.93. The molecular weight excluding hydrogens is 236 g/mol. The maximum absolute atomic E-state index is 5.70. The van der Waals surface area contributed by atoms with Crippen LogP contribution < -0.4 is 5.32 Å². The summed E-state index contributed by atoms with van der Waals surface area (Å²) in [7, 11) is 0. The molecular formula is C16H34N2O. The molecule has 1 fully saturated rings. The maximum atomic E-state index is 5.70. The molecule has 3 heteroatoms. The van der Waals surface area contributed by atoms with Crippen LogP contribution in [0, 0.1) is 5.92 Å². The Bertz CT molecular complexity index is 219. The van der Waals surface area contributed by atoms with Crippen molar-refractivity contribution in [3.8, 4) is 0 Å². The molecule has 3 nitrogen and oxygen atoms in total. The SMILES string of the molecule is CCCCCN(CC1COCCC1NCC)C(C)C. The number of rotatable bonds is 9. The third-order valence-corrected chi connectivity index (χ3v) is 4.19. The maximum Gasteiger partial charge on any atom is 0.0521 e. The summed E-state index contributed by atoms with van der Waals surface area (Å²) < 4.78 is 5.70. The van der Waals surface area contributed by atoms with E-state index >= 15 is 0 Å². The predicted molar refractivity (Wildman–Crippen MR) is 82.6 cm³/mol. The third kappa shape index (κ3) is 6.24. The summed E-state index contributed by atoms with van der Waals surface area (Å²) in [5, 5.41) is 3.64. The Morgan fingerprint density at radius 3 is 2.68 bits per heavy atom. The lowest BCUT2D eigenvalue weighted by Crippen LogP contribution is -2.49. The van der Waals surface area contributed by atoms with Crippen LogP contribution in [0.25, 0.3) is 0 Å². The summed E-state index contributed by atoms with van der Waals surface area (Å²) in [6.45, 7) is 14.4. The molecule has 0 aromatic rings. The molecule has 114 valence electrons. The minimum Gasteiger partial charge on any atom is -0.381 e. The van der Waals surface area contributed by atoms with Crippen molar-refractivity contribution in [3.05, 3.63) is 0 Å². The van der Waals surface area contributed by atoms with Crippen molar-refractivity contribution in [2.75, 3.05) is 32.8 Å². The number of hydrogen-bond acceptors (Lipinski definition) is 3. The first-order valence-electron chi connectivity index (χ1n) is 8.24. The first-order valence-corrected chi connectivity index (χ1v) is 8.24. The average molecular weight is 270 g/mol. The van der Waals surface area contributed by atoms with E-state index in [0.29, 0.717) is 18.0 Å². The topological polar surface area (TPSA) is 24.5 Å². The fraction of sp³-hybridized carbons (Fsp3) is 1.00. The van der Waals surface area contributed by atoms with Gasteiger partial charge in [-0.25, -0.2) is 0 Å². The van der Waals surface area contributed by atoms with E-state index < -0.39 is 0 Å². The summed E-state index contributed by atoms with van der Waals surface area (Å²) in [5.74, 6) is 0.651. The van der Waals surface area contributed by atoms with Gasteiger partial charge in [-0.3, -0.25) is 0 Å². The van der Waals surface area contributed by atoms with Crippen molar-refractivity contribution in [1.82, 2.24) is 10.2 Å². The highest BCUT2D eigenvalue weighted by Gasteiger charge is 2.27. The Morgan fingerprint density at radius 2 is 2.05 bits per heavy atom. The smallest absolute Gasteiger partial charge is 0.0521 e. The molecule has 1 rings (SSSR count). The van der Waals surface area contributed by atoms with Crippen LogP contribution >= 0.6 is 0 Å². The largest absolute Gasteiger partial charge is 0.381 e. The minimum atomic E-state index is 0.640. The highest BCUT2D eigenvalue weighted by atomic mass is 16.5. The Morgan fingerprint density at radius 1 is 1.26 bits per heavy atom. The van der Waals surface area contributed by atoms with Gasteiger partial charge in [0.25, 0.3) is 0 Å². The van der Waals surface area contributed by atoms with E-state index in [-0.39, 0.29) is 0 Å². The van der Waals surface area contributed by atoms with Crippen molar-refractivity contribution < 1.29 is 4.74 Å². The molecule has 1 saturated heterocycles. The number of hydrogen-bond donors (Lipinski definition) is 1. The zero-order valence-corrected chi connectivity index (χ0v) is 13.5. The monoisotopic (exact) mass is 270 g/mol. The molecule has 0 amide bonds. The van der Waals surface area contributed by atoms with E-state index in [1.54, 1.807) is 0 Å². The van der Waals surface area contributed by atoms with Gasteiger partial charge in [-0.2, -0.15) is 0 Å². The summed E-state index contributed by atoms with van der Waals surface area (Å²) in [6.07, 6.45) is 5.15. The third-order valence-electron chi connectivity index (χ3n) is 4.19. The van der Waals surface area contributed by atoms with Crippen LogP contribution in [0.3, 0.4) is 0 Å². The number of unbranched alkanes of at least 4 members (excludes halogenated alkanes) is 2. The highest BCUT2D eigenvalue weighted by Crippen LogP contribution is 2.18. The second kappa shape index (κ2) is 9.73. The first-order chi connectivity index (χ1) is 9.19. The molecule has 1 aliphatic rings. The molecule has 2 atom stereocenters. The molecule has 0 aromatic carbocycles. The predicted octanol–water partition coefficient (Wildman–Crippen LogP) is 2.90. The van der Waals surface area contributed by atoms with Crippen LogP contribution in [0.2, 0.25) is 0 Å². The van der Waals surface area contributed by atoms with Crippen LogP contribution in [0.4, 0.5) is 0 Å². The molecule has 19 heavy (non-hydrogen) atoms. The number of nitrogens with one attached hydrogen (secondary N) is 1. The molecule has 2 unspecified atom stereocenters. The number of nitrogens with zero attached hydrogens (tertiary/aromatic N) is 1. The van der Waals surface area contributed by atoms with E-state index in [1.165, 1.54) is 38.8 Å². The van der Waals surface area contributed by atoms with Gasteiger partial charge in [-0.15, -0.1) is 0 Å². The Balaban J connectivity index is 2.45. The van der Waals surface area contributed by atoms with Crippen LogP contribution in [0.1, 0.15) is 53.4 Å². The molecule has 0 aromatic heterocycles. The lowest BCUT2D eigenvalue weighted by Gasteiger charge is -2.37. The van der Waals surface area contributed by atoms with E-state index in [4.69, 9.17) is 4.74 Å². The Kier molecular flexibility index (Phi) is 8.67. The molecule has 0 radical (unpaired) electrons. The minimum absolute atomic E-state index is 0.640. The quantitative estimate of drug-likeness (QED) is 0.652. The van der Waals surface area contributed by atoms with Gasteiger partial charge in [-0.1, -0.05) is 26.7 Å². The van der Waals surface area contributed by atoms with E-state index in [1.807, 2.05) is 0 Å². The van der Waals surface area contributed by atoms with Gasteiger partial charge in [0.05, 0.1) is 6.61 Å². The van der Waals surface area contributed by atoms with Gasteiger partial charge < -0.3 is 15.0 Å². The van der Waals surface area contributed by atoms with Crippen molar-refractivity contribution in [2.24, 2.45) is 5.92 Å². The average Bonchev–Trinajstić information content (AvgIpc) is 2.40. The van der Waals surface area contributed by atoms with Gasteiger partial charge in [0, 0.05) is 31.2 Å². The lowest BCUT2D eigenvalue weighted by atomic mass is 9.94. The van der Waals surface area contributed by atoms with Gasteiger partial charge in [0.2, 0.25) is 0 Å². The van der Waals surface area contributed by atoms with Gasteiger partial charge >= 0.3 is 0 Å². The van der Waals surface area contributed by atoms with E-state index in [2.05, 4.69) is 37.9 Å². The summed E-state index contributed by atoms with van der Waals surface area (Å²) >= 11 is 0. The lowest BCUT2D eigenvalue weighted by molar-refractivity contribution is 0.0123. The standard InChI is InChI=1S/C16H34N2O/c1-5-7-8-10-18(14(3)4)12-15-13-19-11-9-16(15)17-6-2/h14-17H,5-13H2,1-4H3. The van der Waals surface area contributed by atoms with Crippen LogP contribution in [0.5, 0.6) is 0 Å². The number of ether oxygens (including phenoxy) is 1. The molecule has 0 spiro atoms. The summed E-state index contributed by atoms with van der Waals surface area (Å²) in [6, 6.07) is 1.28. The zero-order valence-electron chi connectivity index (χ0n) is 13.5. The Hall–Kier alpha value is -0.120. The highest BCUT2D eigenvalue weighted by molar-refractivity contribution is 4.82. The normalized spacial score (nSPS) is 24.3. The van der Waals surface area contributed by atoms with Crippen molar-refractivity contribution in [1.29, 1.82) is 0 Å². The van der Waals surface area contributed by atoms with Crippen LogP contribution in [-0.2, 0) is 4.74 Å². The Labute approximate surface area is 120 Å². The zero-order chi connectivity index (χ0) is 14.1. The van der Waals surface area contributed by atoms with E-state index in [9.17, 15) is 0 Å². The van der Waals surface area contributed by atoms with Gasteiger partial charge in [-0.05, 0) is 39.8 Å². The fourth-order valence-corrected chi connectivity index (χ4v) is 2.93. The van der Waals surface area contributed by atoms with E-state index in [0.717, 1.165) is 19.8 Å². The van der Waals surface area contributed by atoms with Crippen LogP contribution in [-0.4, -0.2) is 49.8 Å². The van der Waals surface area contributed by atoms with Gasteiger partial charge in [0.1, 0.15) is 0 Å². The molecule has 1 N–H and O–H groups in total. The van der Waals surface area contributed by atoms with Crippen molar-refractivity contribution in [3.63, 3.8) is 0 Å². The van der Waals surface area contributed by atoms with Crippen molar-refractivity contribution in [2.45, 2.75) is 65.5 Å². The van der Waals surface area contributed by atoms with Crippen molar-refractivity contribution >= 4 is 0 Å². The molecule has 1 heterocycles. The van der Waals surface area contributed by atoms with Crippen LogP contribution in [0.15, 0.2) is 0 Å². The van der Waals surface area contributed by atoms with Gasteiger partial charge in [0.15, 0.2) is 0 Å². The molecule has 0 bridgehead atoms. The molecule has 1 aliphatic heterocycles. The second-order valence-corrected chi connectivity index (χ2v) is 6.08. The summed E-state index contributed by atoms with van der Waals surface area (Å²) in [4.78, 5) is 2.64. The molecule has 0 aliphatic carbocycles. The summed E-state index contributed by atoms with van der Waals surface area (Å²) in [5.41, 5.74) is 0. The second-order valence-electron chi connectivity index (χ2n) is 6.08. The first kappa shape index (κ1) is 16.9.